The van der Waals surface area contributed by atoms with Crippen LogP contribution in [0.25, 0.3) is 16.7 Å². The molecule has 0 amide bonds. The molecule has 2 aromatic carbocycles. The first kappa shape index (κ1) is 13.3. The van der Waals surface area contributed by atoms with E-state index in [0.717, 1.165) is 23.7 Å². The van der Waals surface area contributed by atoms with Crippen molar-refractivity contribution in [3.63, 3.8) is 0 Å². The van der Waals surface area contributed by atoms with E-state index in [1.807, 2.05) is 12.1 Å². The lowest BCUT2D eigenvalue weighted by Gasteiger charge is -2.52. The number of hydrogen-bond acceptors (Lipinski definition) is 1. The van der Waals surface area contributed by atoms with E-state index in [9.17, 15) is 5.11 Å². The second-order valence-electron chi connectivity index (χ2n) is 8.41. The van der Waals surface area contributed by atoms with Gasteiger partial charge in [-0.3, -0.25) is 0 Å². The number of rotatable bonds is 0. The van der Waals surface area contributed by atoms with Crippen LogP contribution in [0.15, 0.2) is 48.0 Å². The van der Waals surface area contributed by atoms with Crippen molar-refractivity contribution >= 4 is 5.57 Å². The molecule has 120 valence electrons. The lowest BCUT2D eigenvalue weighted by Crippen LogP contribution is -2.40. The average molecular weight is 314 g/mol. The number of hydrogen-bond donors (Lipinski definition) is 1. The average Bonchev–Trinajstić information content (AvgIpc) is 2.88. The topological polar surface area (TPSA) is 20.2 Å². The van der Waals surface area contributed by atoms with Crippen LogP contribution in [-0.2, 0) is 0 Å². The Kier molecular flexibility index (Phi) is 2.51. The quantitative estimate of drug-likeness (QED) is 0.570. The Hall–Kier alpha value is -2.02. The van der Waals surface area contributed by atoms with Crippen LogP contribution in [0, 0.1) is 23.7 Å². The van der Waals surface area contributed by atoms with Crippen LogP contribution >= 0.6 is 0 Å². The van der Waals surface area contributed by atoms with Crippen molar-refractivity contribution in [2.24, 2.45) is 23.7 Å². The number of aromatic hydroxyl groups is 1. The summed E-state index contributed by atoms with van der Waals surface area (Å²) in [7, 11) is 0. The molecule has 2 aromatic rings. The molecule has 1 N–H and O–H groups in total. The molecule has 5 aliphatic rings. The Morgan fingerprint density at radius 3 is 2.00 bits per heavy atom. The molecular weight excluding hydrogens is 292 g/mol. The van der Waals surface area contributed by atoms with Gasteiger partial charge in [0.25, 0.3) is 0 Å². The van der Waals surface area contributed by atoms with Gasteiger partial charge in [0.05, 0.1) is 0 Å². The predicted octanol–water partition coefficient (Wildman–Crippen LogP) is 5.63. The number of fused-ring (bicyclic) bond motifs is 3. The summed E-state index contributed by atoms with van der Waals surface area (Å²) in [5.74, 6) is 3.94. The van der Waals surface area contributed by atoms with E-state index >= 15 is 0 Å². The third kappa shape index (κ3) is 1.65. The van der Waals surface area contributed by atoms with Gasteiger partial charge in [-0.2, -0.15) is 0 Å². The largest absolute Gasteiger partial charge is 0.508 e. The Bertz CT molecular complexity index is 859. The molecule has 0 atom stereocenters. The molecule has 4 saturated carbocycles. The molecule has 1 nitrogen and oxygen atoms in total. The van der Waals surface area contributed by atoms with Gasteiger partial charge >= 0.3 is 0 Å². The zero-order chi connectivity index (χ0) is 15.8. The number of allylic oxidation sites excluding steroid dienone is 1. The molecular formula is C23H22O. The van der Waals surface area contributed by atoms with E-state index in [1.54, 1.807) is 5.57 Å². The highest BCUT2D eigenvalue weighted by Gasteiger charge is 2.47. The SMILES string of the molecule is Oc1ccc2c(c1)C(=C1C3CC4CC(C3)CC1C4)c1ccccc1-2. The molecule has 0 radical (unpaired) electrons. The zero-order valence-electron chi connectivity index (χ0n) is 13.8. The molecule has 4 fully saturated rings. The van der Waals surface area contributed by atoms with Crippen molar-refractivity contribution in [3.05, 3.63) is 59.2 Å². The number of benzene rings is 2. The van der Waals surface area contributed by atoms with Gasteiger partial charge in [-0.25, -0.2) is 0 Å². The minimum atomic E-state index is 0.392. The molecule has 24 heavy (non-hydrogen) atoms. The molecule has 0 spiro atoms. The van der Waals surface area contributed by atoms with Crippen LogP contribution in [0.2, 0.25) is 0 Å². The summed E-state index contributed by atoms with van der Waals surface area (Å²) in [4.78, 5) is 0. The molecule has 0 aliphatic heterocycles. The summed E-state index contributed by atoms with van der Waals surface area (Å²) < 4.78 is 0. The first-order chi connectivity index (χ1) is 11.8. The third-order valence-corrected chi connectivity index (χ3v) is 7.07. The van der Waals surface area contributed by atoms with Crippen molar-refractivity contribution < 1.29 is 5.11 Å². The van der Waals surface area contributed by atoms with Gasteiger partial charge in [-0.05, 0) is 95.7 Å². The maximum absolute atomic E-state index is 10.1. The Morgan fingerprint density at radius 1 is 0.667 bits per heavy atom. The van der Waals surface area contributed by atoms with Crippen molar-refractivity contribution in [3.8, 4) is 16.9 Å². The molecule has 1 heteroatoms. The first-order valence-corrected chi connectivity index (χ1v) is 9.45. The monoisotopic (exact) mass is 314 g/mol. The summed E-state index contributed by atoms with van der Waals surface area (Å²) in [5, 5.41) is 10.1. The molecule has 5 aliphatic carbocycles. The van der Waals surface area contributed by atoms with Gasteiger partial charge < -0.3 is 5.11 Å². The smallest absolute Gasteiger partial charge is 0.116 e. The highest BCUT2D eigenvalue weighted by molar-refractivity contribution is 6.02. The summed E-state index contributed by atoms with van der Waals surface area (Å²) in [6.45, 7) is 0. The van der Waals surface area contributed by atoms with Gasteiger partial charge in [-0.15, -0.1) is 0 Å². The number of phenolic OH excluding ortho intramolecular Hbond substituents is 1. The van der Waals surface area contributed by atoms with Crippen LogP contribution in [-0.4, -0.2) is 5.11 Å². The first-order valence-electron chi connectivity index (χ1n) is 9.45. The van der Waals surface area contributed by atoms with E-state index in [-0.39, 0.29) is 0 Å². The van der Waals surface area contributed by atoms with Crippen LogP contribution in [0.4, 0.5) is 0 Å². The fourth-order valence-electron chi connectivity index (χ4n) is 6.47. The van der Waals surface area contributed by atoms with Crippen molar-refractivity contribution in [1.82, 2.24) is 0 Å². The van der Waals surface area contributed by atoms with E-state index in [4.69, 9.17) is 0 Å². The van der Waals surface area contributed by atoms with Gasteiger partial charge in [0.1, 0.15) is 5.75 Å². The van der Waals surface area contributed by atoms with Gasteiger partial charge in [0.2, 0.25) is 0 Å². The normalized spacial score (nSPS) is 32.2. The van der Waals surface area contributed by atoms with Crippen LogP contribution in [0.1, 0.15) is 43.2 Å². The number of phenols is 1. The lowest BCUT2D eigenvalue weighted by atomic mass is 9.53. The Balaban J connectivity index is 1.65. The van der Waals surface area contributed by atoms with Gasteiger partial charge in [0.15, 0.2) is 0 Å². The van der Waals surface area contributed by atoms with Crippen LogP contribution in [0.3, 0.4) is 0 Å². The second-order valence-corrected chi connectivity index (χ2v) is 8.41. The Labute approximate surface area is 143 Å². The summed E-state index contributed by atoms with van der Waals surface area (Å²) >= 11 is 0. The Morgan fingerprint density at radius 2 is 1.29 bits per heavy atom. The maximum atomic E-state index is 10.1. The standard InChI is InChI=1S/C23H22O/c24-17-5-6-19-18-3-1-2-4-20(18)23(21(19)12-17)22-15-8-13-7-14(10-15)11-16(22)9-13/h1-6,12-16,24H,7-11H2. The van der Waals surface area contributed by atoms with Crippen molar-refractivity contribution in [1.29, 1.82) is 0 Å². The van der Waals surface area contributed by atoms with Crippen molar-refractivity contribution in [2.75, 3.05) is 0 Å². The van der Waals surface area contributed by atoms with E-state index in [1.165, 1.54) is 59.9 Å². The minimum Gasteiger partial charge on any atom is -0.508 e. The van der Waals surface area contributed by atoms with E-state index < -0.39 is 0 Å². The molecule has 0 heterocycles. The summed E-state index contributed by atoms with van der Waals surface area (Å²) in [5.41, 5.74) is 8.55. The molecule has 4 bridgehead atoms. The summed E-state index contributed by atoms with van der Waals surface area (Å²) in [6.07, 6.45) is 7.11. The molecule has 0 saturated heterocycles. The summed E-state index contributed by atoms with van der Waals surface area (Å²) in [6, 6.07) is 14.8. The van der Waals surface area contributed by atoms with Crippen molar-refractivity contribution in [2.45, 2.75) is 32.1 Å². The highest BCUT2D eigenvalue weighted by Crippen LogP contribution is 2.60. The lowest BCUT2D eigenvalue weighted by molar-refractivity contribution is 0.0705. The van der Waals surface area contributed by atoms with Crippen LogP contribution < -0.4 is 0 Å². The second kappa shape index (κ2) is 4.53. The maximum Gasteiger partial charge on any atom is 0.116 e. The molecule has 0 unspecified atom stereocenters. The third-order valence-electron chi connectivity index (χ3n) is 7.07. The highest BCUT2D eigenvalue weighted by atomic mass is 16.3. The molecule has 0 aromatic heterocycles. The zero-order valence-corrected chi connectivity index (χ0v) is 13.8. The van der Waals surface area contributed by atoms with E-state index in [0.29, 0.717) is 5.75 Å². The van der Waals surface area contributed by atoms with Gasteiger partial charge in [-0.1, -0.05) is 35.9 Å². The fraction of sp³-hybridized carbons (Fsp3) is 0.391. The predicted molar refractivity (Wildman–Crippen MR) is 96.6 cm³/mol. The van der Waals surface area contributed by atoms with Crippen LogP contribution in [0.5, 0.6) is 5.75 Å². The minimum absolute atomic E-state index is 0.392. The molecule has 7 rings (SSSR count). The van der Waals surface area contributed by atoms with E-state index in [2.05, 4.69) is 30.3 Å². The fourth-order valence-corrected chi connectivity index (χ4v) is 6.47. The van der Waals surface area contributed by atoms with Gasteiger partial charge in [0, 0.05) is 0 Å².